The lowest BCUT2D eigenvalue weighted by atomic mass is 9.87. The fraction of sp³-hybridized carbons (Fsp3) is 0.500. The van der Waals surface area contributed by atoms with E-state index in [9.17, 15) is 4.79 Å². The van der Waals surface area contributed by atoms with Crippen LogP contribution in [0.3, 0.4) is 0 Å². The molecule has 22 heavy (non-hydrogen) atoms. The number of hydrogen-bond acceptors (Lipinski definition) is 5. The van der Waals surface area contributed by atoms with Gasteiger partial charge in [0, 0.05) is 30.4 Å². The van der Waals surface area contributed by atoms with Gasteiger partial charge in [-0.15, -0.1) is 0 Å². The Balaban J connectivity index is 1.54. The fourth-order valence-corrected chi connectivity index (χ4v) is 2.95. The highest BCUT2D eigenvalue weighted by Crippen LogP contribution is 2.23. The lowest BCUT2D eigenvalue weighted by Crippen LogP contribution is -2.46. The molecule has 3 rings (SSSR count). The summed E-state index contributed by atoms with van der Waals surface area (Å²) < 4.78 is 5.35. The molecule has 1 aromatic carbocycles. The van der Waals surface area contributed by atoms with Gasteiger partial charge in [-0.25, -0.2) is 4.99 Å². The minimum atomic E-state index is -0.0247. The molecule has 0 radical (unpaired) electrons. The summed E-state index contributed by atoms with van der Waals surface area (Å²) in [5.74, 6) is -0.0247. The van der Waals surface area contributed by atoms with Crippen LogP contribution >= 0.6 is 12.2 Å². The molecule has 0 spiro atoms. The van der Waals surface area contributed by atoms with Crippen LogP contribution < -0.4 is 10.2 Å². The van der Waals surface area contributed by atoms with Gasteiger partial charge in [-0.3, -0.25) is 4.79 Å². The highest BCUT2D eigenvalue weighted by atomic mass is 32.1. The maximum absolute atomic E-state index is 12.2. The van der Waals surface area contributed by atoms with Crippen LogP contribution in [0.5, 0.6) is 0 Å². The molecule has 1 aromatic rings. The molecular weight excluding hydrogens is 298 g/mol. The summed E-state index contributed by atoms with van der Waals surface area (Å²) in [5, 5.41) is 5.42. The number of isothiocyanates is 1. The third-order valence-corrected chi connectivity index (χ3v) is 4.29. The SMILES string of the molecule is O=C(N[C@H]1C[C@@H](N=C=S)C1)c1ccc(N2CCOCC2)cc1. The molecule has 1 aliphatic heterocycles. The van der Waals surface area contributed by atoms with Crippen molar-refractivity contribution in [2.24, 2.45) is 4.99 Å². The monoisotopic (exact) mass is 317 g/mol. The zero-order chi connectivity index (χ0) is 15.4. The average Bonchev–Trinajstić information content (AvgIpc) is 2.54. The molecule has 5 nitrogen and oxygen atoms in total. The number of carbonyl (C=O) groups is 1. The van der Waals surface area contributed by atoms with Crippen molar-refractivity contribution in [3.8, 4) is 0 Å². The molecule has 2 aliphatic rings. The van der Waals surface area contributed by atoms with Crippen molar-refractivity contribution < 1.29 is 9.53 Å². The van der Waals surface area contributed by atoms with Crippen LogP contribution in [0.1, 0.15) is 23.2 Å². The van der Waals surface area contributed by atoms with Gasteiger partial charge in [0.1, 0.15) is 0 Å². The van der Waals surface area contributed by atoms with Crippen LogP contribution in [0, 0.1) is 0 Å². The van der Waals surface area contributed by atoms with Gasteiger partial charge in [0.25, 0.3) is 5.91 Å². The zero-order valence-corrected chi connectivity index (χ0v) is 13.1. The smallest absolute Gasteiger partial charge is 0.251 e. The molecular formula is C16H19N3O2S. The molecule has 1 N–H and O–H groups in total. The Bertz CT molecular complexity index is 572. The number of hydrogen-bond donors (Lipinski definition) is 1. The predicted molar refractivity (Wildman–Crippen MR) is 88.8 cm³/mol. The van der Waals surface area contributed by atoms with Crippen LogP contribution in [0.25, 0.3) is 0 Å². The summed E-state index contributed by atoms with van der Waals surface area (Å²) in [4.78, 5) is 18.5. The third-order valence-electron chi connectivity index (χ3n) is 4.19. The van der Waals surface area contributed by atoms with Crippen molar-refractivity contribution in [2.45, 2.75) is 24.9 Å². The highest BCUT2D eigenvalue weighted by molar-refractivity contribution is 7.78. The van der Waals surface area contributed by atoms with E-state index in [1.807, 2.05) is 24.3 Å². The number of rotatable bonds is 4. The number of morpholine rings is 1. The van der Waals surface area contributed by atoms with Gasteiger partial charge in [-0.05, 0) is 49.3 Å². The summed E-state index contributed by atoms with van der Waals surface area (Å²) in [6.45, 7) is 3.31. The van der Waals surface area contributed by atoms with Gasteiger partial charge >= 0.3 is 0 Å². The van der Waals surface area contributed by atoms with E-state index in [1.165, 1.54) is 0 Å². The average molecular weight is 317 g/mol. The van der Waals surface area contributed by atoms with E-state index in [1.54, 1.807) is 0 Å². The second-order valence-corrected chi connectivity index (χ2v) is 5.84. The molecule has 6 heteroatoms. The molecule has 0 aromatic heterocycles. The number of carbonyl (C=O) groups excluding carboxylic acids is 1. The minimum Gasteiger partial charge on any atom is -0.378 e. The normalized spacial score (nSPS) is 24.1. The van der Waals surface area contributed by atoms with E-state index in [-0.39, 0.29) is 18.0 Å². The molecule has 0 unspecified atom stereocenters. The second kappa shape index (κ2) is 7.01. The van der Waals surface area contributed by atoms with Crippen LogP contribution in [0.15, 0.2) is 29.3 Å². The number of nitrogens with zero attached hydrogens (tertiary/aromatic N) is 2. The maximum atomic E-state index is 12.2. The Labute approximate surface area is 135 Å². The first-order valence-electron chi connectivity index (χ1n) is 7.57. The number of amides is 1. The molecule has 116 valence electrons. The van der Waals surface area contributed by atoms with E-state index in [0.717, 1.165) is 44.8 Å². The van der Waals surface area contributed by atoms with Crippen molar-refractivity contribution in [2.75, 3.05) is 31.2 Å². The number of nitrogens with one attached hydrogen (secondary N) is 1. The van der Waals surface area contributed by atoms with Gasteiger partial charge in [0.05, 0.1) is 24.4 Å². The Hall–Kier alpha value is -1.75. The van der Waals surface area contributed by atoms with Crippen LogP contribution in [-0.2, 0) is 4.74 Å². The number of benzene rings is 1. The Morgan fingerprint density at radius 3 is 2.59 bits per heavy atom. The molecule has 2 fully saturated rings. The van der Waals surface area contributed by atoms with Crippen molar-refractivity contribution in [1.82, 2.24) is 5.32 Å². The summed E-state index contributed by atoms with van der Waals surface area (Å²) in [5.41, 5.74) is 1.83. The first-order valence-corrected chi connectivity index (χ1v) is 7.97. The van der Waals surface area contributed by atoms with E-state index in [2.05, 4.69) is 32.6 Å². The minimum absolute atomic E-state index is 0.0247. The molecule has 1 saturated carbocycles. The van der Waals surface area contributed by atoms with Crippen molar-refractivity contribution >= 4 is 29.0 Å². The summed E-state index contributed by atoms with van der Waals surface area (Å²) in [7, 11) is 0. The van der Waals surface area contributed by atoms with Crippen LogP contribution in [0.4, 0.5) is 5.69 Å². The highest BCUT2D eigenvalue weighted by Gasteiger charge is 2.30. The first kappa shape index (κ1) is 15.2. The van der Waals surface area contributed by atoms with Crippen molar-refractivity contribution in [3.05, 3.63) is 29.8 Å². The predicted octanol–water partition coefficient (Wildman–Crippen LogP) is 1.89. The van der Waals surface area contributed by atoms with Gasteiger partial charge in [-0.2, -0.15) is 0 Å². The van der Waals surface area contributed by atoms with Crippen molar-refractivity contribution in [1.29, 1.82) is 0 Å². The lowest BCUT2D eigenvalue weighted by Gasteiger charge is -2.32. The second-order valence-electron chi connectivity index (χ2n) is 5.66. The van der Waals surface area contributed by atoms with Gasteiger partial charge in [0.2, 0.25) is 0 Å². The van der Waals surface area contributed by atoms with Gasteiger partial charge in [0.15, 0.2) is 0 Å². The summed E-state index contributed by atoms with van der Waals surface area (Å²) >= 11 is 4.58. The molecule has 1 saturated heterocycles. The largest absolute Gasteiger partial charge is 0.378 e. The topological polar surface area (TPSA) is 53.9 Å². The number of aliphatic imine (C=N–C) groups is 1. The number of ether oxygens (including phenoxy) is 1. The molecule has 1 aliphatic carbocycles. The maximum Gasteiger partial charge on any atom is 0.251 e. The van der Waals surface area contributed by atoms with E-state index in [0.29, 0.717) is 5.56 Å². The third kappa shape index (κ3) is 3.53. The van der Waals surface area contributed by atoms with Gasteiger partial charge in [-0.1, -0.05) is 0 Å². The Morgan fingerprint density at radius 2 is 1.95 bits per heavy atom. The summed E-state index contributed by atoms with van der Waals surface area (Å²) in [6, 6.07) is 8.19. The zero-order valence-electron chi connectivity index (χ0n) is 12.3. The van der Waals surface area contributed by atoms with E-state index in [4.69, 9.17) is 4.74 Å². The molecule has 0 bridgehead atoms. The Morgan fingerprint density at radius 1 is 1.27 bits per heavy atom. The molecule has 0 atom stereocenters. The van der Waals surface area contributed by atoms with Crippen LogP contribution in [-0.4, -0.2) is 49.5 Å². The first-order chi connectivity index (χ1) is 10.8. The van der Waals surface area contributed by atoms with Gasteiger partial charge < -0.3 is 15.0 Å². The van der Waals surface area contributed by atoms with Crippen LogP contribution in [0.2, 0.25) is 0 Å². The van der Waals surface area contributed by atoms with E-state index >= 15 is 0 Å². The lowest BCUT2D eigenvalue weighted by molar-refractivity contribution is 0.0910. The van der Waals surface area contributed by atoms with E-state index < -0.39 is 0 Å². The summed E-state index contributed by atoms with van der Waals surface area (Å²) in [6.07, 6.45) is 1.70. The Kier molecular flexibility index (Phi) is 4.83. The van der Waals surface area contributed by atoms with Crippen molar-refractivity contribution in [3.63, 3.8) is 0 Å². The molecule has 1 heterocycles. The number of anilines is 1. The fourth-order valence-electron chi connectivity index (χ4n) is 2.80. The quantitative estimate of drug-likeness (QED) is 0.680. The standard InChI is InChI=1S/C16H19N3O2S/c20-16(18-14-9-13(10-14)17-11-22)12-1-3-15(4-2-12)19-5-7-21-8-6-19/h1-4,13-14H,5-10H2,(H,18,20)/t13-,14+. The number of thiocarbonyl (C=S) groups is 1. The molecule has 1 amide bonds.